The van der Waals surface area contributed by atoms with Crippen LogP contribution >= 0.6 is 0 Å². The van der Waals surface area contributed by atoms with Crippen LogP contribution in [0.25, 0.3) is 0 Å². The van der Waals surface area contributed by atoms with E-state index in [4.69, 9.17) is 12.2 Å². The Hall–Kier alpha value is -2.47. The highest BCUT2D eigenvalue weighted by Crippen LogP contribution is 2.18. The van der Waals surface area contributed by atoms with Gasteiger partial charge in [0.25, 0.3) is 0 Å². The van der Waals surface area contributed by atoms with Gasteiger partial charge < -0.3 is 10.6 Å². The lowest BCUT2D eigenvalue weighted by Crippen LogP contribution is -2.22. The fourth-order valence-corrected chi connectivity index (χ4v) is 1.84. The number of halogens is 1. The fourth-order valence-electron chi connectivity index (χ4n) is 1.84. The first-order valence-corrected chi connectivity index (χ1v) is 5.97. The van der Waals surface area contributed by atoms with E-state index in [0.29, 0.717) is 18.8 Å². The number of benzene rings is 2. The van der Waals surface area contributed by atoms with Crippen molar-refractivity contribution < 1.29 is 4.39 Å². The van der Waals surface area contributed by atoms with Crippen molar-refractivity contribution in [3.63, 3.8) is 0 Å². The normalized spacial score (nSPS) is 9.89. The van der Waals surface area contributed by atoms with Crippen LogP contribution < -0.4 is 10.6 Å². The molecule has 0 spiro atoms. The van der Waals surface area contributed by atoms with Gasteiger partial charge >= 0.3 is 0 Å². The van der Waals surface area contributed by atoms with Crippen molar-refractivity contribution in [1.29, 1.82) is 0 Å². The smallest absolute Gasteiger partial charge is 0.123 e. The van der Waals surface area contributed by atoms with Gasteiger partial charge in [-0.15, -0.1) is 6.42 Å². The van der Waals surface area contributed by atoms with E-state index in [9.17, 15) is 4.39 Å². The van der Waals surface area contributed by atoms with Crippen molar-refractivity contribution in [2.45, 2.75) is 6.54 Å². The maximum absolute atomic E-state index is 12.9. The average Bonchev–Trinajstić information content (AvgIpc) is 2.42. The Balaban J connectivity index is 2.18. The first-order valence-electron chi connectivity index (χ1n) is 5.97. The summed E-state index contributed by atoms with van der Waals surface area (Å²) in [6.45, 7) is 1.12. The predicted molar refractivity (Wildman–Crippen MR) is 77.1 cm³/mol. The van der Waals surface area contributed by atoms with Gasteiger partial charge in [0, 0.05) is 17.9 Å². The van der Waals surface area contributed by atoms with Crippen LogP contribution in [0.1, 0.15) is 5.56 Å². The second-order valence-corrected chi connectivity index (χ2v) is 4.28. The van der Waals surface area contributed by atoms with Gasteiger partial charge in [-0.05, 0) is 42.0 Å². The molecule has 2 aromatic rings. The molecule has 0 radical (unpaired) electrons. The van der Waals surface area contributed by atoms with Crippen LogP contribution in [0.3, 0.4) is 0 Å². The largest absolute Gasteiger partial charge is 0.399 e. The Morgan fingerprint density at radius 2 is 1.68 bits per heavy atom. The van der Waals surface area contributed by atoms with E-state index in [-0.39, 0.29) is 5.82 Å². The molecule has 96 valence electrons. The Morgan fingerprint density at radius 1 is 1.05 bits per heavy atom. The summed E-state index contributed by atoms with van der Waals surface area (Å²) in [5, 5.41) is 0. The number of terminal acetylenes is 1. The molecule has 0 amide bonds. The van der Waals surface area contributed by atoms with E-state index < -0.39 is 0 Å². The van der Waals surface area contributed by atoms with Gasteiger partial charge in [-0.1, -0.05) is 18.1 Å². The SMILES string of the molecule is C#CCN(Cc1ccc(F)cc1)c1ccc(N)cc1. The van der Waals surface area contributed by atoms with Gasteiger partial charge in [0.15, 0.2) is 0 Å². The van der Waals surface area contributed by atoms with Gasteiger partial charge in [-0.3, -0.25) is 0 Å². The van der Waals surface area contributed by atoms with Crippen LogP contribution in [0.5, 0.6) is 0 Å². The average molecular weight is 254 g/mol. The zero-order valence-corrected chi connectivity index (χ0v) is 10.5. The molecule has 0 aliphatic heterocycles. The van der Waals surface area contributed by atoms with Crippen molar-refractivity contribution in [2.75, 3.05) is 17.2 Å². The lowest BCUT2D eigenvalue weighted by Gasteiger charge is -2.22. The van der Waals surface area contributed by atoms with E-state index >= 15 is 0 Å². The number of hydrogen-bond donors (Lipinski definition) is 1. The minimum atomic E-state index is -0.236. The molecule has 0 aliphatic carbocycles. The van der Waals surface area contributed by atoms with E-state index in [1.807, 2.05) is 29.2 Å². The second-order valence-electron chi connectivity index (χ2n) is 4.28. The monoisotopic (exact) mass is 254 g/mol. The molecule has 0 unspecified atom stereocenters. The van der Waals surface area contributed by atoms with Crippen LogP contribution in [-0.2, 0) is 6.54 Å². The molecule has 0 saturated heterocycles. The predicted octanol–water partition coefficient (Wildman–Crippen LogP) is 3.05. The Kier molecular flexibility index (Phi) is 4.04. The van der Waals surface area contributed by atoms with Crippen LogP contribution in [0, 0.1) is 18.2 Å². The molecule has 0 bridgehead atoms. The van der Waals surface area contributed by atoms with Gasteiger partial charge in [-0.2, -0.15) is 0 Å². The minimum absolute atomic E-state index is 0.236. The number of hydrogen-bond acceptors (Lipinski definition) is 2. The van der Waals surface area contributed by atoms with Crippen molar-refractivity contribution in [3.8, 4) is 12.3 Å². The summed E-state index contributed by atoms with van der Waals surface area (Å²) in [6.07, 6.45) is 5.40. The van der Waals surface area contributed by atoms with E-state index in [0.717, 1.165) is 11.3 Å². The maximum atomic E-state index is 12.9. The number of anilines is 2. The zero-order chi connectivity index (χ0) is 13.7. The molecule has 2 aromatic carbocycles. The highest BCUT2D eigenvalue weighted by atomic mass is 19.1. The zero-order valence-electron chi connectivity index (χ0n) is 10.5. The van der Waals surface area contributed by atoms with Gasteiger partial charge in [0.1, 0.15) is 5.82 Å². The lowest BCUT2D eigenvalue weighted by atomic mass is 10.2. The summed E-state index contributed by atoms with van der Waals surface area (Å²) in [7, 11) is 0. The molecule has 0 saturated carbocycles. The quantitative estimate of drug-likeness (QED) is 0.671. The van der Waals surface area contributed by atoms with Crippen molar-refractivity contribution in [3.05, 3.63) is 59.9 Å². The molecular formula is C16H15FN2. The van der Waals surface area contributed by atoms with Crippen molar-refractivity contribution >= 4 is 11.4 Å². The molecule has 0 aliphatic rings. The third-order valence-corrected chi connectivity index (χ3v) is 2.83. The van der Waals surface area contributed by atoms with Crippen LogP contribution in [0.4, 0.5) is 15.8 Å². The van der Waals surface area contributed by atoms with Crippen LogP contribution in [0.15, 0.2) is 48.5 Å². The molecule has 0 atom stereocenters. The highest BCUT2D eigenvalue weighted by molar-refractivity contribution is 5.54. The molecule has 19 heavy (non-hydrogen) atoms. The van der Waals surface area contributed by atoms with E-state index in [2.05, 4.69) is 5.92 Å². The van der Waals surface area contributed by atoms with Gasteiger partial charge in [0.2, 0.25) is 0 Å². The maximum Gasteiger partial charge on any atom is 0.123 e. The van der Waals surface area contributed by atoms with Crippen molar-refractivity contribution in [1.82, 2.24) is 0 Å². The molecule has 0 fully saturated rings. The fraction of sp³-hybridized carbons (Fsp3) is 0.125. The van der Waals surface area contributed by atoms with Crippen LogP contribution in [-0.4, -0.2) is 6.54 Å². The van der Waals surface area contributed by atoms with Crippen molar-refractivity contribution in [2.24, 2.45) is 0 Å². The van der Waals surface area contributed by atoms with Gasteiger partial charge in [-0.25, -0.2) is 4.39 Å². The number of nitrogens with zero attached hydrogens (tertiary/aromatic N) is 1. The molecule has 0 aromatic heterocycles. The van der Waals surface area contributed by atoms with E-state index in [1.165, 1.54) is 12.1 Å². The summed E-state index contributed by atoms with van der Waals surface area (Å²) >= 11 is 0. The molecular weight excluding hydrogens is 239 g/mol. The third kappa shape index (κ3) is 3.49. The molecule has 2 rings (SSSR count). The number of rotatable bonds is 4. The molecule has 2 nitrogen and oxygen atoms in total. The summed E-state index contributed by atoms with van der Waals surface area (Å²) < 4.78 is 12.9. The topological polar surface area (TPSA) is 29.3 Å². The Labute approximate surface area is 112 Å². The summed E-state index contributed by atoms with van der Waals surface area (Å²) in [5.41, 5.74) is 8.39. The Morgan fingerprint density at radius 3 is 2.26 bits per heavy atom. The highest BCUT2D eigenvalue weighted by Gasteiger charge is 2.06. The molecule has 3 heteroatoms. The first kappa shape index (κ1) is 13.0. The van der Waals surface area contributed by atoms with E-state index in [1.54, 1.807) is 12.1 Å². The number of nitrogen functional groups attached to an aromatic ring is 1. The van der Waals surface area contributed by atoms with Gasteiger partial charge in [0.05, 0.1) is 6.54 Å². The summed E-state index contributed by atoms with van der Waals surface area (Å²) in [5.74, 6) is 2.40. The molecule has 2 N–H and O–H groups in total. The summed E-state index contributed by atoms with van der Waals surface area (Å²) in [6, 6.07) is 13.9. The van der Waals surface area contributed by atoms with Crippen LogP contribution in [0.2, 0.25) is 0 Å². The third-order valence-electron chi connectivity index (χ3n) is 2.83. The molecule has 0 heterocycles. The lowest BCUT2D eigenvalue weighted by molar-refractivity contribution is 0.627. The Bertz CT molecular complexity index is 567. The standard InChI is InChI=1S/C16H15FN2/c1-2-11-19(16-9-7-15(18)8-10-16)12-13-3-5-14(17)6-4-13/h1,3-10H,11-12,18H2. The minimum Gasteiger partial charge on any atom is -0.399 e. The second kappa shape index (κ2) is 5.92. The summed E-state index contributed by atoms with van der Waals surface area (Å²) in [4.78, 5) is 2.03. The number of nitrogens with two attached hydrogens (primary N) is 1. The first-order chi connectivity index (χ1) is 9.19.